The number of nitrogens with zero attached hydrogens (tertiary/aromatic N) is 3. The van der Waals surface area contributed by atoms with Gasteiger partial charge in [0.05, 0.1) is 0 Å². The van der Waals surface area contributed by atoms with E-state index in [4.69, 9.17) is 0 Å². The van der Waals surface area contributed by atoms with Crippen LogP contribution in [0.3, 0.4) is 0 Å². The molecule has 2 rings (SSSR count). The van der Waals surface area contributed by atoms with Gasteiger partial charge in [0, 0.05) is 22.5 Å². The molecule has 0 aliphatic heterocycles. The molecule has 0 amide bonds. The van der Waals surface area contributed by atoms with Crippen molar-refractivity contribution in [3.8, 4) is 0 Å². The van der Waals surface area contributed by atoms with E-state index >= 15 is 0 Å². The van der Waals surface area contributed by atoms with Crippen LogP contribution < -0.4 is 5.32 Å². The quantitative estimate of drug-likeness (QED) is 0.905. The highest BCUT2D eigenvalue weighted by Gasteiger charge is 2.13. The Morgan fingerprint density at radius 2 is 2.26 bits per heavy atom. The molecule has 1 aromatic carbocycles. The van der Waals surface area contributed by atoms with Crippen LogP contribution in [0.4, 0.5) is 0 Å². The third-order valence-corrected chi connectivity index (χ3v) is 4.44. The lowest BCUT2D eigenvalue weighted by molar-refractivity contribution is 0.589. The normalized spacial score (nSPS) is 12.6. The summed E-state index contributed by atoms with van der Waals surface area (Å²) < 4.78 is 3.00. The highest BCUT2D eigenvalue weighted by molar-refractivity contribution is 9.10. The van der Waals surface area contributed by atoms with Gasteiger partial charge >= 0.3 is 0 Å². The molecule has 0 saturated carbocycles. The minimum absolute atomic E-state index is 0.314. The summed E-state index contributed by atoms with van der Waals surface area (Å²) in [4.78, 5) is 1.19. The molecule has 102 valence electrons. The van der Waals surface area contributed by atoms with Crippen molar-refractivity contribution in [1.82, 2.24) is 20.1 Å². The van der Waals surface area contributed by atoms with Crippen molar-refractivity contribution in [3.63, 3.8) is 0 Å². The molecular weight excluding hydrogens is 324 g/mol. The lowest BCUT2D eigenvalue weighted by atomic mass is 10.1. The summed E-state index contributed by atoms with van der Waals surface area (Å²) in [5.41, 5.74) is 1.28. The molecular formula is C13H17BrN4S. The molecule has 19 heavy (non-hydrogen) atoms. The minimum atomic E-state index is 0.314. The molecule has 1 N–H and O–H groups in total. The number of halogens is 1. The van der Waals surface area contributed by atoms with E-state index in [1.807, 2.05) is 11.6 Å². The highest BCUT2D eigenvalue weighted by Crippen LogP contribution is 2.34. The largest absolute Gasteiger partial charge is 0.311 e. The summed E-state index contributed by atoms with van der Waals surface area (Å²) in [6.07, 6.45) is 1.72. The van der Waals surface area contributed by atoms with E-state index < -0.39 is 0 Å². The molecule has 4 nitrogen and oxygen atoms in total. The van der Waals surface area contributed by atoms with Crippen LogP contribution in [-0.4, -0.2) is 21.3 Å². The smallest absolute Gasteiger partial charge is 0.195 e. The Labute approximate surface area is 126 Å². The van der Waals surface area contributed by atoms with Crippen molar-refractivity contribution < 1.29 is 0 Å². The zero-order valence-corrected chi connectivity index (χ0v) is 13.6. The van der Waals surface area contributed by atoms with E-state index in [-0.39, 0.29) is 0 Å². The number of nitrogens with one attached hydrogen (secondary N) is 1. The Balaban J connectivity index is 2.32. The Kier molecular flexibility index (Phi) is 5.01. The van der Waals surface area contributed by atoms with Crippen LogP contribution in [0, 0.1) is 0 Å². The van der Waals surface area contributed by atoms with Gasteiger partial charge < -0.3 is 9.88 Å². The third-order valence-electron chi connectivity index (χ3n) is 2.82. The molecule has 0 radical (unpaired) electrons. The van der Waals surface area contributed by atoms with Crippen molar-refractivity contribution in [1.29, 1.82) is 0 Å². The van der Waals surface area contributed by atoms with E-state index in [0.717, 1.165) is 16.2 Å². The van der Waals surface area contributed by atoms with Crippen LogP contribution >= 0.6 is 27.7 Å². The first-order valence-corrected chi connectivity index (χ1v) is 7.77. The molecule has 0 saturated heterocycles. The fraction of sp³-hybridized carbons (Fsp3) is 0.385. The summed E-state index contributed by atoms with van der Waals surface area (Å²) in [5.74, 6) is 0. The molecule has 6 heteroatoms. The van der Waals surface area contributed by atoms with Gasteiger partial charge in [-0.2, -0.15) is 0 Å². The molecule has 0 aliphatic carbocycles. The number of benzene rings is 1. The predicted octanol–water partition coefficient (Wildman–Crippen LogP) is 3.40. The van der Waals surface area contributed by atoms with Crippen LogP contribution in [0.1, 0.15) is 25.5 Å². The van der Waals surface area contributed by atoms with E-state index in [9.17, 15) is 0 Å². The number of hydrogen-bond donors (Lipinski definition) is 1. The average Bonchev–Trinajstić information content (AvgIpc) is 2.75. The van der Waals surface area contributed by atoms with Crippen LogP contribution in [-0.2, 0) is 7.05 Å². The molecule has 0 spiro atoms. The van der Waals surface area contributed by atoms with Crippen molar-refractivity contribution in [2.45, 2.75) is 29.9 Å². The Morgan fingerprint density at radius 3 is 2.89 bits per heavy atom. The maximum Gasteiger partial charge on any atom is 0.195 e. The SMILES string of the molecule is CCNC(C)c1ccc(Br)cc1Sc1nncn1C. The van der Waals surface area contributed by atoms with Gasteiger partial charge in [-0.15, -0.1) is 10.2 Å². The monoisotopic (exact) mass is 340 g/mol. The molecule has 2 aromatic rings. The topological polar surface area (TPSA) is 42.7 Å². The third kappa shape index (κ3) is 3.58. The highest BCUT2D eigenvalue weighted by atomic mass is 79.9. The van der Waals surface area contributed by atoms with Crippen LogP contribution in [0.5, 0.6) is 0 Å². The van der Waals surface area contributed by atoms with Gasteiger partial charge in [0.1, 0.15) is 6.33 Å². The average molecular weight is 341 g/mol. The number of rotatable bonds is 5. The lowest BCUT2D eigenvalue weighted by Gasteiger charge is -2.17. The standard InChI is InChI=1S/C13H17BrN4S/c1-4-15-9(2)11-6-5-10(14)7-12(11)19-13-17-16-8-18(13)3/h5-9,15H,4H2,1-3H3. The fourth-order valence-corrected chi connectivity index (χ4v) is 3.37. The number of aromatic nitrogens is 3. The van der Waals surface area contributed by atoms with Crippen molar-refractivity contribution in [2.24, 2.45) is 7.05 Å². The van der Waals surface area contributed by atoms with Crippen LogP contribution in [0.25, 0.3) is 0 Å². The maximum absolute atomic E-state index is 4.13. The van der Waals surface area contributed by atoms with E-state index in [1.54, 1.807) is 18.1 Å². The first-order valence-electron chi connectivity index (χ1n) is 6.16. The summed E-state index contributed by atoms with van der Waals surface area (Å²) in [6, 6.07) is 6.66. The van der Waals surface area contributed by atoms with Crippen molar-refractivity contribution in [2.75, 3.05) is 6.54 Å². The molecule has 0 fully saturated rings. The number of aryl methyl sites for hydroxylation is 1. The Morgan fingerprint density at radius 1 is 1.47 bits per heavy atom. The zero-order chi connectivity index (χ0) is 13.8. The van der Waals surface area contributed by atoms with Gasteiger partial charge in [0.25, 0.3) is 0 Å². The molecule has 0 bridgehead atoms. The van der Waals surface area contributed by atoms with E-state index in [1.165, 1.54) is 10.5 Å². The van der Waals surface area contributed by atoms with Gasteiger partial charge in [-0.25, -0.2) is 0 Å². The summed E-state index contributed by atoms with van der Waals surface area (Å²) >= 11 is 5.17. The summed E-state index contributed by atoms with van der Waals surface area (Å²) in [5, 5.41) is 12.4. The Bertz CT molecular complexity index is 555. The van der Waals surface area contributed by atoms with Gasteiger partial charge in [-0.1, -0.05) is 28.9 Å². The summed E-state index contributed by atoms with van der Waals surface area (Å²) in [7, 11) is 1.95. The summed E-state index contributed by atoms with van der Waals surface area (Å²) in [6.45, 7) is 5.24. The second-order valence-corrected chi connectivity index (χ2v) is 6.21. The second-order valence-electron chi connectivity index (χ2n) is 4.29. The van der Waals surface area contributed by atoms with Crippen LogP contribution in [0.15, 0.2) is 39.1 Å². The molecule has 1 aromatic heterocycles. The predicted molar refractivity (Wildman–Crippen MR) is 81.4 cm³/mol. The van der Waals surface area contributed by atoms with Gasteiger partial charge in [0.2, 0.25) is 0 Å². The van der Waals surface area contributed by atoms with Gasteiger partial charge in [-0.3, -0.25) is 0 Å². The van der Waals surface area contributed by atoms with Crippen molar-refractivity contribution in [3.05, 3.63) is 34.6 Å². The minimum Gasteiger partial charge on any atom is -0.311 e. The zero-order valence-electron chi connectivity index (χ0n) is 11.2. The number of hydrogen-bond acceptors (Lipinski definition) is 4. The lowest BCUT2D eigenvalue weighted by Crippen LogP contribution is -2.18. The van der Waals surface area contributed by atoms with E-state index in [0.29, 0.717) is 6.04 Å². The fourth-order valence-electron chi connectivity index (χ4n) is 1.83. The molecule has 0 aliphatic rings. The van der Waals surface area contributed by atoms with Gasteiger partial charge in [0.15, 0.2) is 5.16 Å². The molecule has 1 atom stereocenters. The van der Waals surface area contributed by atoms with Crippen LogP contribution in [0.2, 0.25) is 0 Å². The maximum atomic E-state index is 4.13. The van der Waals surface area contributed by atoms with Gasteiger partial charge in [-0.05, 0) is 42.9 Å². The first-order chi connectivity index (χ1) is 9.11. The van der Waals surface area contributed by atoms with E-state index in [2.05, 4.69) is 63.5 Å². The molecule has 1 unspecified atom stereocenters. The first kappa shape index (κ1) is 14.6. The van der Waals surface area contributed by atoms with Crippen molar-refractivity contribution >= 4 is 27.7 Å². The molecule has 1 heterocycles. The Hall–Kier alpha value is -0.850. The second kappa shape index (κ2) is 6.54.